The fourth-order valence-corrected chi connectivity index (χ4v) is 2.14. The topological polar surface area (TPSA) is 80.9 Å². The summed E-state index contributed by atoms with van der Waals surface area (Å²) in [4.78, 5) is 19.8. The molecule has 3 N–H and O–H groups in total. The average Bonchev–Trinajstić information content (AvgIpc) is 2.53. The number of anilines is 1. The van der Waals surface area contributed by atoms with Gasteiger partial charge in [0.2, 0.25) is 0 Å². The number of fused-ring (bicyclic) bond motifs is 1. The minimum atomic E-state index is -0.325. The highest BCUT2D eigenvalue weighted by atomic mass is 16.1. The van der Waals surface area contributed by atoms with Crippen LogP contribution in [0.25, 0.3) is 10.8 Å². The molecule has 0 aliphatic heterocycles. The van der Waals surface area contributed by atoms with E-state index in [1.54, 1.807) is 0 Å². The summed E-state index contributed by atoms with van der Waals surface area (Å²) >= 11 is 0. The van der Waals surface area contributed by atoms with E-state index >= 15 is 0 Å². The molecule has 0 bridgehead atoms. The van der Waals surface area contributed by atoms with Gasteiger partial charge in [-0.1, -0.05) is 36.4 Å². The first-order valence-electron chi connectivity index (χ1n) is 6.56. The smallest absolute Gasteiger partial charge is 0.273 e. The van der Waals surface area contributed by atoms with Crippen molar-refractivity contribution in [3.8, 4) is 0 Å². The molecular formula is C16H14N4O. The second-order valence-corrected chi connectivity index (χ2v) is 4.65. The monoisotopic (exact) mass is 278 g/mol. The first kappa shape index (κ1) is 13.1. The molecule has 3 aromatic rings. The van der Waals surface area contributed by atoms with E-state index in [1.807, 2.05) is 30.3 Å². The molecule has 21 heavy (non-hydrogen) atoms. The second kappa shape index (κ2) is 5.58. The van der Waals surface area contributed by atoms with Gasteiger partial charge in [-0.15, -0.1) is 0 Å². The van der Waals surface area contributed by atoms with E-state index in [9.17, 15) is 4.79 Å². The molecule has 104 valence electrons. The maximum atomic E-state index is 12.0. The molecule has 0 aliphatic carbocycles. The molecule has 1 heterocycles. The van der Waals surface area contributed by atoms with Crippen LogP contribution in [0.5, 0.6) is 0 Å². The van der Waals surface area contributed by atoms with Crippen LogP contribution in [0.2, 0.25) is 0 Å². The molecule has 0 fully saturated rings. The lowest BCUT2D eigenvalue weighted by molar-refractivity contribution is 0.0946. The van der Waals surface area contributed by atoms with Crippen LogP contribution in [0.3, 0.4) is 0 Å². The highest BCUT2D eigenvalue weighted by Gasteiger charge is 2.11. The molecular weight excluding hydrogens is 264 g/mol. The zero-order valence-electron chi connectivity index (χ0n) is 11.3. The Morgan fingerprint density at radius 1 is 1.05 bits per heavy atom. The standard InChI is InChI=1S/C16H14N4O/c17-15-14(18-7-8-19-15)16(21)20-10-11-5-6-12-3-1-2-4-13(12)9-11/h1-9H,10H2,(H2,17,19)(H,20,21). The van der Waals surface area contributed by atoms with Crippen molar-refractivity contribution in [3.05, 3.63) is 66.1 Å². The van der Waals surface area contributed by atoms with Gasteiger partial charge in [-0.3, -0.25) is 4.79 Å². The average molecular weight is 278 g/mol. The molecule has 5 nitrogen and oxygen atoms in total. The summed E-state index contributed by atoms with van der Waals surface area (Å²) in [5, 5.41) is 5.11. The number of nitrogens with zero attached hydrogens (tertiary/aromatic N) is 2. The number of carbonyl (C=O) groups excluding carboxylic acids is 1. The van der Waals surface area contributed by atoms with Gasteiger partial charge in [0.1, 0.15) is 0 Å². The van der Waals surface area contributed by atoms with Crippen LogP contribution in [0.1, 0.15) is 16.1 Å². The van der Waals surface area contributed by atoms with Crippen LogP contribution in [0, 0.1) is 0 Å². The summed E-state index contributed by atoms with van der Waals surface area (Å²) in [5.41, 5.74) is 6.80. The molecule has 0 radical (unpaired) electrons. The normalized spacial score (nSPS) is 10.5. The van der Waals surface area contributed by atoms with Gasteiger partial charge in [-0.25, -0.2) is 9.97 Å². The first-order valence-corrected chi connectivity index (χ1v) is 6.56. The number of carbonyl (C=O) groups is 1. The summed E-state index contributed by atoms with van der Waals surface area (Å²) < 4.78 is 0. The Balaban J connectivity index is 1.74. The summed E-state index contributed by atoms with van der Waals surface area (Å²) in [7, 11) is 0. The number of nitrogens with one attached hydrogen (secondary N) is 1. The Morgan fingerprint density at radius 3 is 2.62 bits per heavy atom. The summed E-state index contributed by atoms with van der Waals surface area (Å²) in [6.45, 7) is 0.416. The maximum absolute atomic E-state index is 12.0. The van der Waals surface area contributed by atoms with Crippen molar-refractivity contribution in [3.63, 3.8) is 0 Å². The Labute approximate surface area is 121 Å². The third-order valence-electron chi connectivity index (χ3n) is 3.21. The number of hydrogen-bond acceptors (Lipinski definition) is 4. The van der Waals surface area contributed by atoms with Crippen LogP contribution >= 0.6 is 0 Å². The number of aromatic nitrogens is 2. The fourth-order valence-electron chi connectivity index (χ4n) is 2.14. The van der Waals surface area contributed by atoms with Crippen molar-refractivity contribution in [2.75, 3.05) is 5.73 Å². The van der Waals surface area contributed by atoms with Crippen molar-refractivity contribution >= 4 is 22.5 Å². The number of hydrogen-bond donors (Lipinski definition) is 2. The lowest BCUT2D eigenvalue weighted by Crippen LogP contribution is -2.25. The van der Waals surface area contributed by atoms with Crippen molar-refractivity contribution in [1.29, 1.82) is 0 Å². The zero-order valence-corrected chi connectivity index (χ0v) is 11.3. The lowest BCUT2D eigenvalue weighted by Gasteiger charge is -2.07. The molecule has 0 atom stereocenters. The van der Waals surface area contributed by atoms with Crippen molar-refractivity contribution < 1.29 is 4.79 Å². The molecule has 5 heteroatoms. The lowest BCUT2D eigenvalue weighted by atomic mass is 10.1. The van der Waals surface area contributed by atoms with E-state index in [2.05, 4.69) is 27.4 Å². The maximum Gasteiger partial charge on any atom is 0.273 e. The molecule has 1 aromatic heterocycles. The van der Waals surface area contributed by atoms with Gasteiger partial charge >= 0.3 is 0 Å². The van der Waals surface area contributed by atoms with Gasteiger partial charge < -0.3 is 11.1 Å². The SMILES string of the molecule is Nc1nccnc1C(=O)NCc1ccc2ccccc2c1. The molecule has 0 saturated heterocycles. The third kappa shape index (κ3) is 2.81. The number of benzene rings is 2. The highest BCUT2D eigenvalue weighted by molar-refractivity contribution is 5.96. The number of nitrogens with two attached hydrogens (primary N) is 1. The molecule has 0 unspecified atom stereocenters. The first-order chi connectivity index (χ1) is 10.2. The number of amides is 1. The van der Waals surface area contributed by atoms with Gasteiger partial charge in [0.25, 0.3) is 5.91 Å². The Bertz CT molecular complexity index is 801. The number of nitrogen functional groups attached to an aromatic ring is 1. The van der Waals surface area contributed by atoms with Gasteiger partial charge in [-0.2, -0.15) is 0 Å². The van der Waals surface area contributed by atoms with Gasteiger partial charge in [-0.05, 0) is 22.4 Å². The molecule has 0 saturated carbocycles. The highest BCUT2D eigenvalue weighted by Crippen LogP contribution is 2.15. The van der Waals surface area contributed by atoms with Crippen LogP contribution in [-0.2, 0) is 6.54 Å². The largest absolute Gasteiger partial charge is 0.382 e. The molecule has 2 aromatic carbocycles. The van der Waals surface area contributed by atoms with Gasteiger partial charge in [0, 0.05) is 18.9 Å². The predicted molar refractivity (Wildman–Crippen MR) is 81.6 cm³/mol. The van der Waals surface area contributed by atoms with Crippen LogP contribution in [0.4, 0.5) is 5.82 Å². The third-order valence-corrected chi connectivity index (χ3v) is 3.21. The van der Waals surface area contributed by atoms with Crippen LogP contribution in [0.15, 0.2) is 54.9 Å². The van der Waals surface area contributed by atoms with E-state index in [1.165, 1.54) is 17.8 Å². The van der Waals surface area contributed by atoms with Gasteiger partial charge in [0.05, 0.1) is 0 Å². The van der Waals surface area contributed by atoms with Crippen molar-refractivity contribution in [1.82, 2.24) is 15.3 Å². The predicted octanol–water partition coefficient (Wildman–Crippen LogP) is 2.14. The minimum absolute atomic E-state index is 0.133. The summed E-state index contributed by atoms with van der Waals surface area (Å²) in [6.07, 6.45) is 2.90. The Hall–Kier alpha value is -2.95. The van der Waals surface area contributed by atoms with E-state index in [0.29, 0.717) is 6.54 Å². The van der Waals surface area contributed by atoms with Crippen LogP contribution in [-0.4, -0.2) is 15.9 Å². The molecule has 1 amide bonds. The van der Waals surface area contributed by atoms with Gasteiger partial charge in [0.15, 0.2) is 11.5 Å². The Morgan fingerprint density at radius 2 is 1.81 bits per heavy atom. The van der Waals surface area contributed by atoms with Crippen molar-refractivity contribution in [2.24, 2.45) is 0 Å². The molecule has 3 rings (SSSR count). The van der Waals surface area contributed by atoms with E-state index in [4.69, 9.17) is 5.73 Å². The molecule has 0 spiro atoms. The quantitative estimate of drug-likeness (QED) is 0.769. The van der Waals surface area contributed by atoms with Crippen molar-refractivity contribution in [2.45, 2.75) is 6.54 Å². The minimum Gasteiger partial charge on any atom is -0.382 e. The number of rotatable bonds is 3. The molecule has 0 aliphatic rings. The van der Waals surface area contributed by atoms with E-state index in [0.717, 1.165) is 10.9 Å². The second-order valence-electron chi connectivity index (χ2n) is 4.65. The van der Waals surface area contributed by atoms with Crippen LogP contribution < -0.4 is 11.1 Å². The van der Waals surface area contributed by atoms with E-state index in [-0.39, 0.29) is 17.4 Å². The zero-order chi connectivity index (χ0) is 14.7. The summed E-state index contributed by atoms with van der Waals surface area (Å²) in [5.74, 6) is -0.192. The summed E-state index contributed by atoms with van der Waals surface area (Å²) in [6, 6.07) is 14.2. The Kier molecular flexibility index (Phi) is 3.47. The van der Waals surface area contributed by atoms with E-state index < -0.39 is 0 Å². The fraction of sp³-hybridized carbons (Fsp3) is 0.0625.